The van der Waals surface area contributed by atoms with Crippen molar-refractivity contribution in [1.29, 1.82) is 0 Å². The lowest BCUT2D eigenvalue weighted by molar-refractivity contribution is 0.395. The van der Waals surface area contributed by atoms with Crippen LogP contribution >= 0.6 is 0 Å². The fourth-order valence-electron chi connectivity index (χ4n) is 3.51. The summed E-state index contributed by atoms with van der Waals surface area (Å²) in [5, 5.41) is 12.9. The zero-order chi connectivity index (χ0) is 23.7. The second kappa shape index (κ2) is 8.81. The van der Waals surface area contributed by atoms with Crippen molar-refractivity contribution in [3.05, 3.63) is 78.3 Å². The van der Waals surface area contributed by atoms with E-state index in [1.807, 2.05) is 24.3 Å². The maximum absolute atomic E-state index is 14.1. The molecule has 5 rings (SSSR count). The number of hydrogen-bond donors (Lipinski definition) is 0. The molecule has 0 spiro atoms. The highest BCUT2D eigenvalue weighted by Crippen LogP contribution is 2.32. The van der Waals surface area contributed by atoms with Gasteiger partial charge in [0.15, 0.2) is 17.5 Å². The summed E-state index contributed by atoms with van der Waals surface area (Å²) in [7, 11) is 3.17. The number of rotatable bonds is 6. The second-order valence-electron chi connectivity index (χ2n) is 7.37. The minimum absolute atomic E-state index is 0.00170. The van der Waals surface area contributed by atoms with Crippen molar-refractivity contribution in [2.75, 3.05) is 14.2 Å². The average Bonchev–Trinajstić information content (AvgIpc) is 3.29. The molecule has 10 heteroatoms. The van der Waals surface area contributed by atoms with Gasteiger partial charge in [-0.25, -0.2) is 18.7 Å². The van der Waals surface area contributed by atoms with E-state index in [-0.39, 0.29) is 11.4 Å². The second-order valence-corrected chi connectivity index (χ2v) is 7.37. The summed E-state index contributed by atoms with van der Waals surface area (Å²) in [5.41, 5.74) is 3.09. The normalized spacial score (nSPS) is 11.1. The molecule has 170 valence electrons. The van der Waals surface area contributed by atoms with Crippen LogP contribution in [0.25, 0.3) is 34.0 Å². The number of imidazole rings is 1. The molecular weight excluding hydrogens is 442 g/mol. The predicted molar refractivity (Wildman–Crippen MR) is 119 cm³/mol. The zero-order valence-electron chi connectivity index (χ0n) is 18.2. The van der Waals surface area contributed by atoms with Gasteiger partial charge in [0.2, 0.25) is 0 Å². The lowest BCUT2D eigenvalue weighted by atomic mass is 10.1. The van der Waals surface area contributed by atoms with E-state index in [1.54, 1.807) is 31.2 Å². The number of nitrogens with zero attached hydrogens (tertiary/aromatic N) is 6. The fraction of sp³-hybridized carbons (Fsp3) is 0.125. The van der Waals surface area contributed by atoms with Gasteiger partial charge in [-0.15, -0.1) is 0 Å². The summed E-state index contributed by atoms with van der Waals surface area (Å²) in [6.07, 6.45) is 3.19. The van der Waals surface area contributed by atoms with Gasteiger partial charge in [0.25, 0.3) is 0 Å². The molecule has 0 bridgehead atoms. The van der Waals surface area contributed by atoms with Gasteiger partial charge in [-0.2, -0.15) is 15.3 Å². The van der Waals surface area contributed by atoms with Crippen molar-refractivity contribution in [2.45, 2.75) is 6.54 Å². The van der Waals surface area contributed by atoms with Gasteiger partial charge in [-0.1, -0.05) is 6.07 Å². The van der Waals surface area contributed by atoms with Crippen LogP contribution in [0.5, 0.6) is 11.5 Å². The molecule has 0 amide bonds. The number of halogens is 2. The van der Waals surface area contributed by atoms with E-state index in [1.165, 1.54) is 18.3 Å². The number of methoxy groups -OCH3 is 2. The van der Waals surface area contributed by atoms with Crippen LogP contribution in [0.4, 0.5) is 8.78 Å². The Kier molecular flexibility index (Phi) is 5.54. The third-order valence-corrected chi connectivity index (χ3v) is 5.24. The van der Waals surface area contributed by atoms with Crippen LogP contribution in [0.1, 0.15) is 5.69 Å². The van der Waals surface area contributed by atoms with Gasteiger partial charge in [-0.3, -0.25) is 4.68 Å². The Hall–Kier alpha value is -4.47. The van der Waals surface area contributed by atoms with Crippen molar-refractivity contribution in [1.82, 2.24) is 29.9 Å². The van der Waals surface area contributed by atoms with Gasteiger partial charge < -0.3 is 9.47 Å². The standard InChI is InChI=1S/C24H18F2N6O2/c1-33-15-7-8-16(22(10-15)34-2)19-9-6-14(30-31-19)12-32-13-21-20(11-27-32)28-24(29-21)17-4-3-5-18(25)23(17)26/h3-11,13H,12H2,1-2H3. The minimum atomic E-state index is -0.984. The monoisotopic (exact) mass is 460 g/mol. The van der Waals surface area contributed by atoms with Gasteiger partial charge in [-0.05, 0) is 36.4 Å². The highest BCUT2D eigenvalue weighted by molar-refractivity contribution is 5.68. The largest absolute Gasteiger partial charge is 0.497 e. The van der Waals surface area contributed by atoms with Gasteiger partial charge >= 0.3 is 0 Å². The minimum Gasteiger partial charge on any atom is -0.497 e. The van der Waals surface area contributed by atoms with E-state index in [9.17, 15) is 8.78 Å². The van der Waals surface area contributed by atoms with Gasteiger partial charge in [0.1, 0.15) is 22.9 Å². The van der Waals surface area contributed by atoms with Crippen molar-refractivity contribution in [2.24, 2.45) is 0 Å². The van der Waals surface area contributed by atoms with E-state index >= 15 is 0 Å². The molecular formula is C24H18F2N6O2. The molecule has 0 saturated heterocycles. The fourth-order valence-corrected chi connectivity index (χ4v) is 3.51. The molecule has 3 aromatic rings. The lowest BCUT2D eigenvalue weighted by Crippen LogP contribution is -2.08. The summed E-state index contributed by atoms with van der Waals surface area (Å²) in [5.74, 6) is -0.523. The van der Waals surface area contributed by atoms with Crippen LogP contribution in [0.15, 0.2) is 60.9 Å². The molecule has 1 aromatic heterocycles. The summed E-state index contributed by atoms with van der Waals surface area (Å²) >= 11 is 0. The Morgan fingerprint density at radius 3 is 2.47 bits per heavy atom. The van der Waals surface area contributed by atoms with Crippen molar-refractivity contribution in [3.8, 4) is 45.5 Å². The lowest BCUT2D eigenvalue weighted by Gasteiger charge is -2.10. The topological polar surface area (TPSA) is 87.8 Å². The Morgan fingerprint density at radius 2 is 1.71 bits per heavy atom. The Bertz CT molecular complexity index is 1440. The molecule has 0 unspecified atom stereocenters. The summed E-state index contributed by atoms with van der Waals surface area (Å²) in [6, 6.07) is 13.1. The maximum Gasteiger partial charge on any atom is 0.169 e. The molecule has 2 aliphatic heterocycles. The molecule has 0 radical (unpaired) electrons. The molecule has 0 saturated carbocycles. The average molecular weight is 460 g/mol. The molecule has 2 aliphatic rings. The van der Waals surface area contributed by atoms with Crippen LogP contribution in [0, 0.1) is 11.6 Å². The van der Waals surface area contributed by atoms with E-state index < -0.39 is 11.6 Å². The van der Waals surface area contributed by atoms with E-state index in [0.717, 1.165) is 11.6 Å². The van der Waals surface area contributed by atoms with Crippen LogP contribution in [0.3, 0.4) is 0 Å². The SMILES string of the molecule is COc1ccc(-c2ccc(Cn3cc4nc(-c5cccc(F)c5F)nc-4cn3)nn2)c(OC)c1. The molecule has 8 nitrogen and oxygen atoms in total. The number of fused-ring (bicyclic) bond motifs is 1. The Morgan fingerprint density at radius 1 is 0.853 bits per heavy atom. The number of ether oxygens (including phenoxy) is 2. The third kappa shape index (κ3) is 4.01. The highest BCUT2D eigenvalue weighted by Gasteiger charge is 2.18. The first-order valence-electron chi connectivity index (χ1n) is 10.3. The van der Waals surface area contributed by atoms with Crippen LogP contribution < -0.4 is 9.47 Å². The predicted octanol–water partition coefficient (Wildman–Crippen LogP) is 4.25. The molecule has 0 fully saturated rings. The van der Waals surface area contributed by atoms with Crippen LogP contribution in [0.2, 0.25) is 0 Å². The van der Waals surface area contributed by atoms with Crippen LogP contribution in [-0.4, -0.2) is 44.2 Å². The zero-order valence-corrected chi connectivity index (χ0v) is 18.2. The first-order chi connectivity index (χ1) is 16.6. The number of aromatic nitrogens is 6. The Labute approximate surface area is 193 Å². The van der Waals surface area contributed by atoms with Crippen molar-refractivity contribution < 1.29 is 18.3 Å². The van der Waals surface area contributed by atoms with Crippen molar-refractivity contribution >= 4 is 0 Å². The van der Waals surface area contributed by atoms with Gasteiger partial charge in [0, 0.05) is 11.6 Å². The van der Waals surface area contributed by atoms with Crippen LogP contribution in [-0.2, 0) is 6.54 Å². The van der Waals surface area contributed by atoms with Crippen molar-refractivity contribution in [3.63, 3.8) is 0 Å². The van der Waals surface area contributed by atoms with E-state index in [0.29, 0.717) is 40.8 Å². The smallest absolute Gasteiger partial charge is 0.169 e. The quantitative estimate of drug-likeness (QED) is 0.374. The molecule has 34 heavy (non-hydrogen) atoms. The molecule has 3 heterocycles. The number of benzene rings is 2. The third-order valence-electron chi connectivity index (χ3n) is 5.24. The summed E-state index contributed by atoms with van der Waals surface area (Å²) in [6.45, 7) is 0.333. The van der Waals surface area contributed by atoms with E-state index in [2.05, 4.69) is 25.3 Å². The summed E-state index contributed by atoms with van der Waals surface area (Å²) in [4.78, 5) is 8.60. The van der Waals surface area contributed by atoms with Gasteiger partial charge in [0.05, 0.1) is 50.1 Å². The van der Waals surface area contributed by atoms with E-state index in [4.69, 9.17) is 9.47 Å². The maximum atomic E-state index is 14.1. The molecule has 0 aliphatic carbocycles. The molecule has 0 atom stereocenters. The summed E-state index contributed by atoms with van der Waals surface area (Å²) < 4.78 is 40.0. The molecule has 0 N–H and O–H groups in total. The highest BCUT2D eigenvalue weighted by atomic mass is 19.2. The Balaban J connectivity index is 1.39. The number of hydrogen-bond acceptors (Lipinski definition) is 7. The first-order valence-corrected chi connectivity index (χ1v) is 10.3. The first kappa shape index (κ1) is 21.4. The molecule has 2 aromatic carbocycles.